The van der Waals surface area contributed by atoms with Crippen molar-refractivity contribution in [3.05, 3.63) is 109 Å². The largest absolute Gasteiger partial charge is 0.478 e. The number of hydrogen-bond acceptors (Lipinski definition) is 4. The van der Waals surface area contributed by atoms with E-state index in [1.807, 2.05) is 6.07 Å². The number of fused-ring (bicyclic) bond motifs is 1. The Kier molecular flexibility index (Phi) is 7.64. The first-order valence-electron chi connectivity index (χ1n) is 11.5. The molecule has 0 aliphatic heterocycles. The summed E-state index contributed by atoms with van der Waals surface area (Å²) in [5, 5.41) is 9.05. The number of aryl methyl sites for hydroxylation is 2. The fourth-order valence-corrected chi connectivity index (χ4v) is 4.87. The fraction of sp³-hybridized carbons (Fsp3) is 0.250. The standard InChI is InChI=1S/C28H26N2O4S/c1-20-25(31)29(18-22-14-16-23(17-15-22)27(32)33)28(34)30-19-24(35-26(20)30)13-9-4-2-3-6-10-21-11-7-5-8-12-21/h5,7-8,11-12,14-17,19H,2-4,6,10,18H2,1H3,(H,32,33). The van der Waals surface area contributed by atoms with Crippen LogP contribution < -0.4 is 11.2 Å². The molecule has 7 heteroatoms. The van der Waals surface area contributed by atoms with Crippen LogP contribution in [-0.2, 0) is 13.0 Å². The van der Waals surface area contributed by atoms with E-state index in [9.17, 15) is 14.4 Å². The number of hydrogen-bond donors (Lipinski definition) is 1. The van der Waals surface area contributed by atoms with E-state index in [1.54, 1.807) is 25.3 Å². The average Bonchev–Trinajstić information content (AvgIpc) is 3.30. The third kappa shape index (κ3) is 5.79. The molecule has 1 N–H and O–H groups in total. The summed E-state index contributed by atoms with van der Waals surface area (Å²) in [7, 11) is 0. The molecular weight excluding hydrogens is 460 g/mol. The first-order valence-corrected chi connectivity index (χ1v) is 12.4. The van der Waals surface area contributed by atoms with Crippen molar-refractivity contribution in [2.45, 2.75) is 45.6 Å². The van der Waals surface area contributed by atoms with Crippen LogP contribution in [0.15, 0.2) is 70.4 Å². The summed E-state index contributed by atoms with van der Waals surface area (Å²) in [6.45, 7) is 1.78. The van der Waals surface area contributed by atoms with Crippen LogP contribution in [0.3, 0.4) is 0 Å². The Labute approximate surface area is 207 Å². The predicted octanol–water partition coefficient (Wildman–Crippen LogP) is 4.73. The molecule has 0 aliphatic carbocycles. The molecule has 2 aromatic carbocycles. The highest BCUT2D eigenvalue weighted by Crippen LogP contribution is 2.17. The van der Waals surface area contributed by atoms with Gasteiger partial charge in [-0.3, -0.25) is 13.8 Å². The van der Waals surface area contributed by atoms with Crippen LogP contribution in [0.25, 0.3) is 4.83 Å². The van der Waals surface area contributed by atoms with E-state index in [2.05, 4.69) is 36.1 Å². The normalized spacial score (nSPS) is 10.8. The van der Waals surface area contributed by atoms with Crippen molar-refractivity contribution in [2.75, 3.05) is 0 Å². The monoisotopic (exact) mass is 486 g/mol. The van der Waals surface area contributed by atoms with Crippen LogP contribution in [0.4, 0.5) is 0 Å². The molecule has 0 saturated heterocycles. The number of benzene rings is 2. The maximum atomic E-state index is 13.0. The second kappa shape index (κ2) is 11.0. The lowest BCUT2D eigenvalue weighted by Gasteiger charge is -2.08. The Balaban J connectivity index is 1.44. The summed E-state index contributed by atoms with van der Waals surface area (Å²) in [4.78, 5) is 38.3. The zero-order valence-corrected chi connectivity index (χ0v) is 20.3. The average molecular weight is 487 g/mol. The van der Waals surface area contributed by atoms with Gasteiger partial charge in [-0.05, 0) is 49.4 Å². The molecule has 0 amide bonds. The molecule has 0 aliphatic rings. The molecular formula is C28H26N2O4S. The number of thiazole rings is 1. The SMILES string of the molecule is Cc1c(=O)n(Cc2ccc(C(=O)O)cc2)c(=O)n2cc(C#CCCCCCc3ccccc3)sc12. The Bertz CT molecular complexity index is 1520. The molecule has 6 nitrogen and oxygen atoms in total. The minimum Gasteiger partial charge on any atom is -0.478 e. The summed E-state index contributed by atoms with van der Waals surface area (Å²) < 4.78 is 2.66. The lowest BCUT2D eigenvalue weighted by Crippen LogP contribution is -2.38. The van der Waals surface area contributed by atoms with E-state index in [0.717, 1.165) is 37.0 Å². The lowest BCUT2D eigenvalue weighted by molar-refractivity contribution is 0.0697. The van der Waals surface area contributed by atoms with Crippen LogP contribution in [0, 0.1) is 18.8 Å². The Morgan fingerprint density at radius 3 is 2.43 bits per heavy atom. The zero-order valence-electron chi connectivity index (χ0n) is 19.5. The third-order valence-corrected chi connectivity index (χ3v) is 6.98. The number of carboxylic acids is 1. The van der Waals surface area contributed by atoms with Gasteiger partial charge in [-0.15, -0.1) is 11.3 Å². The lowest BCUT2D eigenvalue weighted by atomic mass is 10.1. The first-order chi connectivity index (χ1) is 16.9. The van der Waals surface area contributed by atoms with Crippen molar-refractivity contribution in [1.82, 2.24) is 8.97 Å². The van der Waals surface area contributed by atoms with Crippen LogP contribution in [-0.4, -0.2) is 20.0 Å². The van der Waals surface area contributed by atoms with Gasteiger partial charge in [0.25, 0.3) is 5.56 Å². The van der Waals surface area contributed by atoms with Crippen LogP contribution in [0.5, 0.6) is 0 Å². The van der Waals surface area contributed by atoms with Gasteiger partial charge in [-0.1, -0.05) is 60.7 Å². The van der Waals surface area contributed by atoms with Gasteiger partial charge >= 0.3 is 11.7 Å². The molecule has 4 rings (SSSR count). The van der Waals surface area contributed by atoms with E-state index in [4.69, 9.17) is 5.11 Å². The van der Waals surface area contributed by atoms with Gasteiger partial charge in [0.15, 0.2) is 0 Å². The van der Waals surface area contributed by atoms with Crippen LogP contribution >= 0.6 is 11.3 Å². The topological polar surface area (TPSA) is 80.8 Å². The quantitative estimate of drug-likeness (QED) is 0.288. The van der Waals surface area contributed by atoms with Crippen molar-refractivity contribution >= 4 is 22.1 Å². The molecule has 2 aromatic heterocycles. The molecule has 2 heterocycles. The summed E-state index contributed by atoms with van der Waals surface area (Å²) in [5.41, 5.74) is 1.90. The molecule has 0 fully saturated rings. The fourth-order valence-electron chi connectivity index (χ4n) is 3.91. The summed E-state index contributed by atoms with van der Waals surface area (Å²) >= 11 is 1.35. The minimum absolute atomic E-state index is 0.0706. The van der Waals surface area contributed by atoms with E-state index in [-0.39, 0.29) is 17.7 Å². The van der Waals surface area contributed by atoms with Crippen molar-refractivity contribution in [3.63, 3.8) is 0 Å². The van der Waals surface area contributed by atoms with E-state index >= 15 is 0 Å². The summed E-state index contributed by atoms with van der Waals surface area (Å²) in [6.07, 6.45) is 6.83. The molecule has 0 atom stereocenters. The predicted molar refractivity (Wildman–Crippen MR) is 139 cm³/mol. The van der Waals surface area contributed by atoms with E-state index < -0.39 is 11.7 Å². The molecule has 0 unspecified atom stereocenters. The Morgan fingerprint density at radius 2 is 1.71 bits per heavy atom. The molecule has 0 radical (unpaired) electrons. The van der Waals surface area contributed by atoms with Gasteiger partial charge < -0.3 is 5.11 Å². The molecule has 0 bridgehead atoms. The van der Waals surface area contributed by atoms with Gasteiger partial charge in [0.1, 0.15) is 4.83 Å². The summed E-state index contributed by atoms with van der Waals surface area (Å²) in [5.74, 6) is 5.32. The van der Waals surface area contributed by atoms with E-state index in [0.29, 0.717) is 16.0 Å². The number of aromatic carboxylic acids is 1. The number of unbranched alkanes of at least 4 members (excludes halogenated alkanes) is 3. The minimum atomic E-state index is -1.02. The highest BCUT2D eigenvalue weighted by molar-refractivity contribution is 7.18. The third-order valence-electron chi connectivity index (χ3n) is 5.86. The van der Waals surface area contributed by atoms with Gasteiger partial charge in [0.05, 0.1) is 17.0 Å². The van der Waals surface area contributed by atoms with Gasteiger partial charge in [0.2, 0.25) is 0 Å². The number of nitrogens with zero attached hydrogens (tertiary/aromatic N) is 2. The molecule has 0 spiro atoms. The van der Waals surface area contributed by atoms with Crippen LogP contribution in [0.2, 0.25) is 0 Å². The van der Waals surface area contributed by atoms with Crippen molar-refractivity contribution in [2.24, 2.45) is 0 Å². The Morgan fingerprint density at radius 1 is 0.971 bits per heavy atom. The number of rotatable bonds is 8. The molecule has 4 aromatic rings. The summed E-state index contributed by atoms with van der Waals surface area (Å²) in [6, 6.07) is 16.6. The van der Waals surface area contributed by atoms with Gasteiger partial charge in [-0.25, -0.2) is 9.59 Å². The van der Waals surface area contributed by atoms with E-state index in [1.165, 1.54) is 38.0 Å². The van der Waals surface area contributed by atoms with Gasteiger partial charge in [0, 0.05) is 18.2 Å². The number of carboxylic acid groups (broad SMARTS) is 1. The second-order valence-corrected chi connectivity index (χ2v) is 9.45. The highest BCUT2D eigenvalue weighted by Gasteiger charge is 2.14. The smallest absolute Gasteiger partial charge is 0.336 e. The maximum Gasteiger partial charge on any atom is 0.336 e. The number of carbonyl (C=O) groups is 1. The van der Waals surface area contributed by atoms with Crippen molar-refractivity contribution in [1.29, 1.82) is 0 Å². The highest BCUT2D eigenvalue weighted by atomic mass is 32.1. The molecule has 178 valence electrons. The van der Waals surface area contributed by atoms with Crippen molar-refractivity contribution in [3.8, 4) is 11.8 Å². The molecule has 0 saturated carbocycles. The zero-order chi connectivity index (χ0) is 24.8. The van der Waals surface area contributed by atoms with Gasteiger partial charge in [-0.2, -0.15) is 0 Å². The maximum absolute atomic E-state index is 13.0. The Hall–Kier alpha value is -3.89. The first kappa shape index (κ1) is 24.2. The molecule has 35 heavy (non-hydrogen) atoms. The van der Waals surface area contributed by atoms with Crippen molar-refractivity contribution < 1.29 is 9.90 Å². The second-order valence-electron chi connectivity index (χ2n) is 8.42. The van der Waals surface area contributed by atoms with Crippen LogP contribution in [0.1, 0.15) is 57.6 Å². The number of aromatic nitrogens is 2.